The van der Waals surface area contributed by atoms with Crippen LogP contribution in [0.15, 0.2) is 0 Å². The Morgan fingerprint density at radius 2 is 2.09 bits per heavy atom. The average molecular weight is 382 g/mol. The van der Waals surface area contributed by atoms with Gasteiger partial charge in [-0.3, -0.25) is 0 Å². The van der Waals surface area contributed by atoms with Gasteiger partial charge in [-0.2, -0.15) is 0 Å². The molecule has 0 aromatic carbocycles. The molecule has 0 radical (unpaired) electrons. The monoisotopic (exact) mass is 382 g/mol. The van der Waals surface area contributed by atoms with Crippen molar-refractivity contribution in [3.05, 3.63) is 0 Å². The molecule has 1 rings (SSSR count). The lowest BCUT2D eigenvalue weighted by Crippen LogP contribution is -2.20. The van der Waals surface area contributed by atoms with Crippen LogP contribution in [0.25, 0.3) is 0 Å². The van der Waals surface area contributed by atoms with E-state index in [0.717, 1.165) is 15.5 Å². The normalized spacial score (nSPS) is 20.2. The Hall–Kier alpha value is 1.38. The maximum absolute atomic E-state index is 5.58. The molecular formula is C7H12I2O2. The first-order valence-corrected chi connectivity index (χ1v) is 6.81. The highest BCUT2D eigenvalue weighted by molar-refractivity contribution is 14.1. The van der Waals surface area contributed by atoms with Gasteiger partial charge in [0.1, 0.15) is 0 Å². The van der Waals surface area contributed by atoms with E-state index in [1.165, 1.54) is 12.8 Å². The van der Waals surface area contributed by atoms with E-state index in [0.29, 0.717) is 6.10 Å². The Morgan fingerprint density at radius 1 is 1.36 bits per heavy atom. The van der Waals surface area contributed by atoms with Gasteiger partial charge >= 0.3 is 0 Å². The molecule has 1 aliphatic rings. The predicted molar refractivity (Wildman–Crippen MR) is 61.6 cm³/mol. The third-order valence-corrected chi connectivity index (χ3v) is 2.54. The first kappa shape index (κ1) is 10.5. The summed E-state index contributed by atoms with van der Waals surface area (Å²) in [6, 6.07) is 0. The van der Waals surface area contributed by atoms with Crippen molar-refractivity contribution in [3.63, 3.8) is 0 Å². The van der Waals surface area contributed by atoms with Gasteiger partial charge in [-0.1, -0.05) is 45.2 Å². The summed E-state index contributed by atoms with van der Waals surface area (Å²) in [4.78, 5) is 0. The van der Waals surface area contributed by atoms with Crippen LogP contribution in [0.1, 0.15) is 12.8 Å². The van der Waals surface area contributed by atoms with Gasteiger partial charge in [-0.25, -0.2) is 0 Å². The van der Waals surface area contributed by atoms with Gasteiger partial charge < -0.3 is 9.47 Å². The summed E-state index contributed by atoms with van der Waals surface area (Å²) in [5, 5.41) is 0. The minimum atomic E-state index is 0.0397. The molecule has 0 heterocycles. The number of alkyl halides is 2. The highest BCUT2D eigenvalue weighted by Gasteiger charge is 2.25. The minimum Gasteiger partial charge on any atom is -0.351 e. The Kier molecular flexibility index (Phi) is 5.64. The molecule has 0 bridgehead atoms. The number of rotatable bonds is 6. The van der Waals surface area contributed by atoms with Gasteiger partial charge in [0.15, 0.2) is 6.29 Å². The highest BCUT2D eigenvalue weighted by atomic mass is 127. The highest BCUT2D eigenvalue weighted by Crippen LogP contribution is 2.25. The molecule has 1 aliphatic carbocycles. The molecule has 0 N–H and O–H groups in total. The van der Waals surface area contributed by atoms with E-state index in [-0.39, 0.29) is 6.29 Å². The van der Waals surface area contributed by atoms with Crippen LogP contribution in [0.3, 0.4) is 0 Å². The van der Waals surface area contributed by atoms with E-state index in [4.69, 9.17) is 9.47 Å². The molecule has 0 aromatic rings. The van der Waals surface area contributed by atoms with Gasteiger partial charge in [0, 0.05) is 4.43 Å². The number of hydrogen-bond acceptors (Lipinski definition) is 2. The quantitative estimate of drug-likeness (QED) is 0.399. The van der Waals surface area contributed by atoms with Crippen molar-refractivity contribution in [1.82, 2.24) is 0 Å². The predicted octanol–water partition coefficient (Wildman–Crippen LogP) is 2.38. The van der Waals surface area contributed by atoms with Crippen LogP contribution in [0.5, 0.6) is 0 Å². The summed E-state index contributed by atoms with van der Waals surface area (Å²) < 4.78 is 13.0. The zero-order chi connectivity index (χ0) is 8.10. The van der Waals surface area contributed by atoms with Crippen molar-refractivity contribution in [2.45, 2.75) is 25.2 Å². The van der Waals surface area contributed by atoms with Gasteiger partial charge in [-0.05, 0) is 12.8 Å². The summed E-state index contributed by atoms with van der Waals surface area (Å²) >= 11 is 4.60. The Morgan fingerprint density at radius 3 is 2.55 bits per heavy atom. The van der Waals surface area contributed by atoms with Crippen LogP contribution >= 0.6 is 45.2 Å². The molecular weight excluding hydrogens is 370 g/mol. The van der Waals surface area contributed by atoms with Crippen molar-refractivity contribution in [3.8, 4) is 0 Å². The molecule has 0 saturated heterocycles. The Bertz CT molecular complexity index is 107. The maximum atomic E-state index is 5.58. The molecule has 0 amide bonds. The maximum Gasteiger partial charge on any atom is 0.166 e. The van der Waals surface area contributed by atoms with Crippen molar-refractivity contribution >= 4 is 45.2 Å². The molecule has 1 saturated carbocycles. The molecule has 4 heteroatoms. The van der Waals surface area contributed by atoms with E-state index in [2.05, 4.69) is 45.2 Å². The van der Waals surface area contributed by atoms with E-state index in [1.807, 2.05) is 0 Å². The van der Waals surface area contributed by atoms with E-state index >= 15 is 0 Å². The summed E-state index contributed by atoms with van der Waals surface area (Å²) in [7, 11) is 0. The van der Waals surface area contributed by atoms with Crippen molar-refractivity contribution in [2.75, 3.05) is 15.5 Å². The average Bonchev–Trinajstić information content (AvgIpc) is 2.81. The molecule has 66 valence electrons. The van der Waals surface area contributed by atoms with Gasteiger partial charge in [-0.15, -0.1) is 0 Å². The fourth-order valence-electron chi connectivity index (χ4n) is 0.715. The second-order valence-electron chi connectivity index (χ2n) is 2.48. The van der Waals surface area contributed by atoms with Crippen molar-refractivity contribution in [2.24, 2.45) is 0 Å². The van der Waals surface area contributed by atoms with Gasteiger partial charge in [0.25, 0.3) is 0 Å². The topological polar surface area (TPSA) is 18.5 Å². The second-order valence-corrected chi connectivity index (χ2v) is 4.44. The molecule has 0 aromatic heterocycles. The van der Waals surface area contributed by atoms with Crippen molar-refractivity contribution < 1.29 is 9.47 Å². The fourth-order valence-corrected chi connectivity index (χ4v) is 1.43. The van der Waals surface area contributed by atoms with Crippen LogP contribution in [0.2, 0.25) is 0 Å². The van der Waals surface area contributed by atoms with E-state index in [9.17, 15) is 0 Å². The standard InChI is InChI=1S/C7H12I2O2/c8-3-4-10-7(5-9)11-6-1-2-6/h6-7H,1-5H2/t7-/m1/s1. The fraction of sp³-hybridized carbons (Fsp3) is 1.00. The van der Waals surface area contributed by atoms with Crippen LogP contribution in [0.4, 0.5) is 0 Å². The molecule has 1 fully saturated rings. The SMILES string of the molecule is ICCO[C@@H](CI)OC1CC1. The summed E-state index contributed by atoms with van der Waals surface area (Å²) in [5.41, 5.74) is 0. The van der Waals surface area contributed by atoms with E-state index in [1.54, 1.807) is 0 Å². The first-order valence-electron chi connectivity index (χ1n) is 3.76. The largest absolute Gasteiger partial charge is 0.351 e. The smallest absolute Gasteiger partial charge is 0.166 e. The molecule has 2 nitrogen and oxygen atoms in total. The lowest BCUT2D eigenvalue weighted by atomic mass is 10.7. The molecule has 0 spiro atoms. The Labute approximate surface area is 94.7 Å². The number of halogens is 2. The van der Waals surface area contributed by atoms with Crippen molar-refractivity contribution in [1.29, 1.82) is 0 Å². The lowest BCUT2D eigenvalue weighted by Gasteiger charge is -2.14. The third kappa shape index (κ3) is 4.84. The second kappa shape index (κ2) is 5.93. The number of ether oxygens (including phenoxy) is 2. The molecule has 0 unspecified atom stereocenters. The van der Waals surface area contributed by atoms with Crippen LogP contribution < -0.4 is 0 Å². The number of hydrogen-bond donors (Lipinski definition) is 0. The Balaban J connectivity index is 2.02. The van der Waals surface area contributed by atoms with Crippen LogP contribution in [-0.2, 0) is 9.47 Å². The summed E-state index contributed by atoms with van der Waals surface area (Å²) in [6.07, 6.45) is 2.99. The molecule has 0 aliphatic heterocycles. The van der Waals surface area contributed by atoms with Crippen LogP contribution in [0, 0.1) is 0 Å². The summed E-state index contributed by atoms with van der Waals surface area (Å²) in [6.45, 7) is 0.806. The molecule has 11 heavy (non-hydrogen) atoms. The van der Waals surface area contributed by atoms with Crippen LogP contribution in [-0.4, -0.2) is 27.9 Å². The zero-order valence-electron chi connectivity index (χ0n) is 6.26. The van der Waals surface area contributed by atoms with E-state index < -0.39 is 0 Å². The zero-order valence-corrected chi connectivity index (χ0v) is 10.6. The lowest BCUT2D eigenvalue weighted by molar-refractivity contribution is -0.128. The minimum absolute atomic E-state index is 0.0397. The van der Waals surface area contributed by atoms with Gasteiger partial charge in [0.05, 0.1) is 17.1 Å². The molecule has 1 atom stereocenters. The summed E-state index contributed by atoms with van der Waals surface area (Å²) in [5.74, 6) is 0. The third-order valence-electron chi connectivity index (χ3n) is 1.38. The first-order chi connectivity index (χ1) is 5.36. The van der Waals surface area contributed by atoms with Gasteiger partial charge in [0.2, 0.25) is 0 Å².